The molecule has 0 aliphatic heterocycles. The van der Waals surface area contributed by atoms with Crippen LogP contribution >= 0.6 is 0 Å². The lowest BCUT2D eigenvalue weighted by Crippen LogP contribution is -2.25. The lowest BCUT2D eigenvalue weighted by Gasteiger charge is -2.23. The molecule has 3 nitrogen and oxygen atoms in total. The van der Waals surface area contributed by atoms with Gasteiger partial charge in [0.25, 0.3) is 0 Å². The fraction of sp³-hybridized carbons (Fsp3) is 0.643. The average Bonchev–Trinajstić information content (AvgIpc) is 2.32. The number of nitrogens with zero attached hydrogens (tertiary/aromatic N) is 2. The molecule has 0 unspecified atom stereocenters. The first kappa shape index (κ1) is 14.0. The molecule has 0 aliphatic rings. The third-order valence-corrected chi connectivity index (χ3v) is 2.86. The first-order valence-corrected chi connectivity index (χ1v) is 6.57. The van der Waals surface area contributed by atoms with Crippen LogP contribution in [0.1, 0.15) is 33.3 Å². The second-order valence-corrected chi connectivity index (χ2v) is 4.70. The maximum Gasteiger partial charge on any atom is 0.0598 e. The van der Waals surface area contributed by atoms with Gasteiger partial charge in [-0.25, -0.2) is 0 Å². The van der Waals surface area contributed by atoms with E-state index in [4.69, 9.17) is 0 Å². The van der Waals surface area contributed by atoms with Crippen molar-refractivity contribution >= 4 is 5.69 Å². The zero-order valence-corrected chi connectivity index (χ0v) is 11.5. The van der Waals surface area contributed by atoms with Crippen molar-refractivity contribution in [3.05, 3.63) is 24.0 Å². The van der Waals surface area contributed by atoms with Crippen molar-refractivity contribution in [1.82, 2.24) is 10.3 Å². The molecule has 1 heterocycles. The average molecular weight is 235 g/mol. The third kappa shape index (κ3) is 4.35. The van der Waals surface area contributed by atoms with Gasteiger partial charge in [-0.2, -0.15) is 0 Å². The molecule has 1 rings (SSSR count). The molecule has 0 saturated heterocycles. The van der Waals surface area contributed by atoms with Gasteiger partial charge in [0.15, 0.2) is 0 Å². The molecule has 1 N–H and O–H groups in total. The number of rotatable bonds is 7. The topological polar surface area (TPSA) is 28.2 Å². The molecule has 1 aromatic heterocycles. The smallest absolute Gasteiger partial charge is 0.0598 e. The van der Waals surface area contributed by atoms with Crippen LogP contribution in [0.25, 0.3) is 0 Å². The second kappa shape index (κ2) is 7.28. The number of nitrogens with one attached hydrogen (secondary N) is 1. The highest BCUT2D eigenvalue weighted by Crippen LogP contribution is 2.18. The van der Waals surface area contributed by atoms with E-state index in [9.17, 15) is 0 Å². The highest BCUT2D eigenvalue weighted by molar-refractivity contribution is 5.51. The van der Waals surface area contributed by atoms with Crippen LogP contribution in [-0.2, 0) is 6.54 Å². The zero-order chi connectivity index (χ0) is 12.7. The van der Waals surface area contributed by atoms with E-state index in [1.54, 1.807) is 0 Å². The van der Waals surface area contributed by atoms with Gasteiger partial charge >= 0.3 is 0 Å². The Hall–Kier alpha value is -1.09. The molecular formula is C14H25N3. The van der Waals surface area contributed by atoms with E-state index < -0.39 is 0 Å². The van der Waals surface area contributed by atoms with Crippen molar-refractivity contribution < 1.29 is 0 Å². The Morgan fingerprint density at radius 3 is 2.59 bits per heavy atom. The Balaban J connectivity index is 2.70. The summed E-state index contributed by atoms with van der Waals surface area (Å²) in [4.78, 5) is 6.58. The minimum Gasteiger partial charge on any atom is -0.371 e. The quantitative estimate of drug-likeness (QED) is 0.787. The van der Waals surface area contributed by atoms with Crippen LogP contribution in [0.15, 0.2) is 18.5 Å². The molecular weight excluding hydrogens is 210 g/mol. The van der Waals surface area contributed by atoms with E-state index in [0.29, 0.717) is 5.92 Å². The minimum absolute atomic E-state index is 0.689. The molecule has 0 radical (unpaired) electrons. The van der Waals surface area contributed by atoms with Gasteiger partial charge in [0.2, 0.25) is 0 Å². The van der Waals surface area contributed by atoms with Crippen molar-refractivity contribution in [3.63, 3.8) is 0 Å². The molecule has 17 heavy (non-hydrogen) atoms. The van der Waals surface area contributed by atoms with E-state index in [1.807, 2.05) is 12.4 Å². The SMILES string of the molecule is CCN(CC)c1cnccc1CNCC(C)C. The standard InChI is InChI=1S/C14H25N3/c1-5-17(6-2)14-11-15-8-7-13(14)10-16-9-12(3)4/h7-8,11-12,16H,5-6,9-10H2,1-4H3. The number of hydrogen-bond acceptors (Lipinski definition) is 3. The number of aromatic nitrogens is 1. The van der Waals surface area contributed by atoms with E-state index in [1.165, 1.54) is 11.3 Å². The molecule has 1 aromatic rings. The molecule has 0 bridgehead atoms. The summed E-state index contributed by atoms with van der Waals surface area (Å²) in [5, 5.41) is 3.49. The lowest BCUT2D eigenvalue weighted by molar-refractivity contribution is 0.552. The Morgan fingerprint density at radius 2 is 2.00 bits per heavy atom. The van der Waals surface area contributed by atoms with Crippen molar-refractivity contribution in [2.24, 2.45) is 5.92 Å². The van der Waals surface area contributed by atoms with Crippen LogP contribution in [0.5, 0.6) is 0 Å². The van der Waals surface area contributed by atoms with Crippen LogP contribution in [0.3, 0.4) is 0 Å². The first-order chi connectivity index (χ1) is 8.19. The molecule has 0 atom stereocenters. The van der Waals surface area contributed by atoms with Crippen LogP contribution in [0, 0.1) is 5.92 Å². The highest BCUT2D eigenvalue weighted by Gasteiger charge is 2.07. The van der Waals surface area contributed by atoms with Gasteiger partial charge < -0.3 is 10.2 Å². The maximum atomic E-state index is 4.24. The number of anilines is 1. The Morgan fingerprint density at radius 1 is 1.29 bits per heavy atom. The first-order valence-electron chi connectivity index (χ1n) is 6.57. The summed E-state index contributed by atoms with van der Waals surface area (Å²) in [7, 11) is 0. The van der Waals surface area contributed by atoms with E-state index in [0.717, 1.165) is 26.2 Å². The van der Waals surface area contributed by atoms with E-state index >= 15 is 0 Å². The second-order valence-electron chi connectivity index (χ2n) is 4.70. The van der Waals surface area contributed by atoms with Gasteiger partial charge in [0.05, 0.1) is 11.9 Å². The number of pyridine rings is 1. The summed E-state index contributed by atoms with van der Waals surface area (Å²) >= 11 is 0. The normalized spacial score (nSPS) is 10.9. The third-order valence-electron chi connectivity index (χ3n) is 2.86. The van der Waals surface area contributed by atoms with E-state index in [2.05, 4.69) is 49.0 Å². The molecule has 0 amide bonds. The summed E-state index contributed by atoms with van der Waals surface area (Å²) in [5.74, 6) is 0.689. The Labute approximate surface area is 105 Å². The molecule has 0 saturated carbocycles. The molecule has 0 spiro atoms. The van der Waals surface area contributed by atoms with Crippen LogP contribution in [0.2, 0.25) is 0 Å². The van der Waals surface area contributed by atoms with Gasteiger partial charge in [0, 0.05) is 25.8 Å². The van der Waals surface area contributed by atoms with Crippen LogP contribution in [-0.4, -0.2) is 24.6 Å². The predicted octanol–water partition coefficient (Wildman–Crippen LogP) is 2.67. The molecule has 0 aromatic carbocycles. The molecule has 96 valence electrons. The van der Waals surface area contributed by atoms with Gasteiger partial charge in [-0.1, -0.05) is 13.8 Å². The minimum atomic E-state index is 0.689. The summed E-state index contributed by atoms with van der Waals surface area (Å²) in [6.07, 6.45) is 3.85. The monoisotopic (exact) mass is 235 g/mol. The zero-order valence-electron chi connectivity index (χ0n) is 11.5. The fourth-order valence-corrected chi connectivity index (χ4v) is 1.91. The van der Waals surface area contributed by atoms with Crippen LogP contribution < -0.4 is 10.2 Å². The van der Waals surface area contributed by atoms with Gasteiger partial charge in [-0.3, -0.25) is 4.98 Å². The number of hydrogen-bond donors (Lipinski definition) is 1. The van der Waals surface area contributed by atoms with Gasteiger partial charge in [0.1, 0.15) is 0 Å². The summed E-state index contributed by atoms with van der Waals surface area (Å²) in [5.41, 5.74) is 2.60. The van der Waals surface area contributed by atoms with E-state index in [-0.39, 0.29) is 0 Å². The summed E-state index contributed by atoms with van der Waals surface area (Å²) in [6, 6.07) is 2.11. The van der Waals surface area contributed by atoms with Crippen molar-refractivity contribution in [3.8, 4) is 0 Å². The molecule has 0 aliphatic carbocycles. The van der Waals surface area contributed by atoms with Crippen LogP contribution in [0.4, 0.5) is 5.69 Å². The Bertz CT molecular complexity index is 319. The van der Waals surface area contributed by atoms with Gasteiger partial charge in [-0.05, 0) is 37.9 Å². The maximum absolute atomic E-state index is 4.24. The Kier molecular flexibility index (Phi) is 5.98. The predicted molar refractivity (Wildman–Crippen MR) is 74.3 cm³/mol. The summed E-state index contributed by atoms with van der Waals surface area (Å²) in [6.45, 7) is 12.9. The van der Waals surface area contributed by atoms with Crippen molar-refractivity contribution in [1.29, 1.82) is 0 Å². The molecule has 3 heteroatoms. The lowest BCUT2D eigenvalue weighted by atomic mass is 10.2. The van der Waals surface area contributed by atoms with Gasteiger partial charge in [-0.15, -0.1) is 0 Å². The van der Waals surface area contributed by atoms with Crippen molar-refractivity contribution in [2.75, 3.05) is 24.5 Å². The highest BCUT2D eigenvalue weighted by atomic mass is 15.1. The fourth-order valence-electron chi connectivity index (χ4n) is 1.91. The van der Waals surface area contributed by atoms with Crippen molar-refractivity contribution in [2.45, 2.75) is 34.2 Å². The summed E-state index contributed by atoms with van der Waals surface area (Å²) < 4.78 is 0. The largest absolute Gasteiger partial charge is 0.371 e. The molecule has 0 fully saturated rings.